The van der Waals surface area contributed by atoms with Crippen molar-refractivity contribution in [3.05, 3.63) is 20.2 Å². The van der Waals surface area contributed by atoms with Gasteiger partial charge in [-0.15, -0.1) is 0 Å². The van der Waals surface area contributed by atoms with Crippen LogP contribution in [0, 0.1) is 12.8 Å². The van der Waals surface area contributed by atoms with E-state index in [0.717, 1.165) is 18.2 Å². The molecule has 1 aliphatic heterocycles. The van der Waals surface area contributed by atoms with Gasteiger partial charge in [0.25, 0.3) is 0 Å². The Morgan fingerprint density at radius 1 is 1.44 bits per heavy atom. The van der Waals surface area contributed by atoms with Crippen molar-refractivity contribution in [2.24, 2.45) is 5.92 Å². The van der Waals surface area contributed by atoms with Crippen molar-refractivity contribution in [2.45, 2.75) is 39.7 Å². The molecule has 3 nitrogen and oxygen atoms in total. The summed E-state index contributed by atoms with van der Waals surface area (Å²) in [4.78, 5) is 17.8. The van der Waals surface area contributed by atoms with E-state index in [4.69, 9.17) is 0 Å². The average molecular weight is 240 g/mol. The van der Waals surface area contributed by atoms with Crippen LogP contribution in [0.15, 0.2) is 4.79 Å². The van der Waals surface area contributed by atoms with Crippen LogP contribution in [0.3, 0.4) is 0 Å². The fourth-order valence-electron chi connectivity index (χ4n) is 2.34. The largest absolute Gasteiger partial charge is 0.317 e. The molecule has 0 amide bonds. The monoisotopic (exact) mass is 240 g/mol. The number of nitrogens with zero attached hydrogens (tertiary/aromatic N) is 1. The van der Waals surface area contributed by atoms with E-state index >= 15 is 0 Å². The summed E-state index contributed by atoms with van der Waals surface area (Å²) in [7, 11) is 0. The van der Waals surface area contributed by atoms with Crippen molar-refractivity contribution < 1.29 is 0 Å². The second-order valence-electron chi connectivity index (χ2n) is 4.69. The first-order valence-electron chi connectivity index (χ1n) is 6.10. The quantitative estimate of drug-likeness (QED) is 0.880. The molecule has 16 heavy (non-hydrogen) atoms. The first kappa shape index (κ1) is 11.9. The Labute approximate surface area is 100 Å². The Bertz CT molecular complexity index is 388. The maximum absolute atomic E-state index is 11.2. The molecule has 1 saturated heterocycles. The van der Waals surface area contributed by atoms with Crippen molar-refractivity contribution in [2.75, 3.05) is 13.1 Å². The standard InChI is InChI=1S/C12H20N2OS/c1-3-10-4-6-14(7-5-10)8-11-9(2)13-12(15)16-11/h10H,3-8H2,1-2H3,(H,13,15). The third-order valence-electron chi connectivity index (χ3n) is 3.58. The van der Waals surface area contributed by atoms with E-state index in [9.17, 15) is 4.79 Å². The van der Waals surface area contributed by atoms with Crippen LogP contribution in [0.25, 0.3) is 0 Å². The summed E-state index contributed by atoms with van der Waals surface area (Å²) in [6, 6.07) is 0. The van der Waals surface area contributed by atoms with Gasteiger partial charge in [-0.3, -0.25) is 9.69 Å². The van der Waals surface area contributed by atoms with Crippen LogP contribution in [0.1, 0.15) is 36.8 Å². The lowest BCUT2D eigenvalue weighted by Gasteiger charge is -2.31. The number of piperidine rings is 1. The molecular formula is C12H20N2OS. The van der Waals surface area contributed by atoms with E-state index < -0.39 is 0 Å². The molecule has 0 radical (unpaired) electrons. The number of likely N-dealkylation sites (tertiary alicyclic amines) is 1. The zero-order valence-corrected chi connectivity index (χ0v) is 10.9. The predicted molar refractivity (Wildman–Crippen MR) is 68.0 cm³/mol. The summed E-state index contributed by atoms with van der Waals surface area (Å²) in [6.07, 6.45) is 3.94. The number of hydrogen-bond donors (Lipinski definition) is 1. The molecule has 90 valence electrons. The number of rotatable bonds is 3. The first-order valence-corrected chi connectivity index (χ1v) is 6.91. The summed E-state index contributed by atoms with van der Waals surface area (Å²) < 4.78 is 0. The Kier molecular flexibility index (Phi) is 3.82. The van der Waals surface area contributed by atoms with E-state index in [-0.39, 0.29) is 4.87 Å². The van der Waals surface area contributed by atoms with Gasteiger partial charge >= 0.3 is 4.87 Å². The lowest BCUT2D eigenvalue weighted by molar-refractivity contribution is 0.176. The summed E-state index contributed by atoms with van der Waals surface area (Å²) in [6.45, 7) is 7.59. The minimum atomic E-state index is 0.0796. The Balaban J connectivity index is 1.91. The van der Waals surface area contributed by atoms with E-state index in [1.165, 1.54) is 48.6 Å². The predicted octanol–water partition coefficient (Wildman–Crippen LogP) is 2.37. The SMILES string of the molecule is CCC1CCN(Cc2sc(=O)[nH]c2C)CC1. The molecule has 0 aliphatic carbocycles. The topological polar surface area (TPSA) is 36.1 Å². The average Bonchev–Trinajstić information content (AvgIpc) is 2.59. The van der Waals surface area contributed by atoms with Crippen LogP contribution >= 0.6 is 11.3 Å². The molecule has 2 heterocycles. The lowest BCUT2D eigenvalue weighted by Crippen LogP contribution is -2.32. The van der Waals surface area contributed by atoms with Crippen molar-refractivity contribution >= 4 is 11.3 Å². The minimum absolute atomic E-state index is 0.0796. The molecule has 1 fully saturated rings. The van der Waals surface area contributed by atoms with E-state index in [1.54, 1.807) is 0 Å². The van der Waals surface area contributed by atoms with E-state index in [1.807, 2.05) is 6.92 Å². The second-order valence-corrected chi connectivity index (χ2v) is 5.76. The molecule has 0 saturated carbocycles. The van der Waals surface area contributed by atoms with Gasteiger partial charge in [0.05, 0.1) is 0 Å². The van der Waals surface area contributed by atoms with E-state index in [0.29, 0.717) is 0 Å². The highest BCUT2D eigenvalue weighted by Gasteiger charge is 2.18. The van der Waals surface area contributed by atoms with Crippen molar-refractivity contribution in [3.63, 3.8) is 0 Å². The maximum Gasteiger partial charge on any atom is 0.304 e. The summed E-state index contributed by atoms with van der Waals surface area (Å²) in [5.41, 5.74) is 1.05. The van der Waals surface area contributed by atoms with Crippen LogP contribution < -0.4 is 4.87 Å². The van der Waals surface area contributed by atoms with Gasteiger partial charge in [0.1, 0.15) is 0 Å². The van der Waals surface area contributed by atoms with E-state index in [2.05, 4.69) is 16.8 Å². The second kappa shape index (κ2) is 5.15. The van der Waals surface area contributed by atoms with Crippen LogP contribution in [0.2, 0.25) is 0 Å². The highest BCUT2D eigenvalue weighted by molar-refractivity contribution is 7.09. The molecule has 4 heteroatoms. The fourth-order valence-corrected chi connectivity index (χ4v) is 3.22. The number of H-pyrrole nitrogens is 1. The third kappa shape index (κ3) is 2.74. The first-order chi connectivity index (χ1) is 7.69. The van der Waals surface area contributed by atoms with Crippen molar-refractivity contribution in [1.82, 2.24) is 9.88 Å². The summed E-state index contributed by atoms with van der Waals surface area (Å²) >= 11 is 1.36. The number of hydrogen-bond acceptors (Lipinski definition) is 3. The summed E-state index contributed by atoms with van der Waals surface area (Å²) in [5.74, 6) is 0.919. The number of aryl methyl sites for hydroxylation is 1. The van der Waals surface area contributed by atoms with Gasteiger partial charge < -0.3 is 4.98 Å². The number of nitrogens with one attached hydrogen (secondary N) is 1. The zero-order chi connectivity index (χ0) is 11.5. The minimum Gasteiger partial charge on any atom is -0.317 e. The maximum atomic E-state index is 11.2. The molecule has 0 bridgehead atoms. The highest BCUT2D eigenvalue weighted by atomic mass is 32.1. The number of aromatic nitrogens is 1. The smallest absolute Gasteiger partial charge is 0.304 e. The normalized spacial score (nSPS) is 19.1. The van der Waals surface area contributed by atoms with Gasteiger partial charge in [0.15, 0.2) is 0 Å². The molecule has 2 rings (SSSR count). The van der Waals surface area contributed by atoms with Gasteiger partial charge in [-0.05, 0) is 38.8 Å². The zero-order valence-electron chi connectivity index (χ0n) is 10.1. The van der Waals surface area contributed by atoms with Crippen LogP contribution in [-0.2, 0) is 6.54 Å². The molecule has 0 atom stereocenters. The summed E-state index contributed by atoms with van der Waals surface area (Å²) in [5, 5.41) is 0. The fraction of sp³-hybridized carbons (Fsp3) is 0.750. The van der Waals surface area contributed by atoms with Gasteiger partial charge in [-0.1, -0.05) is 24.7 Å². The van der Waals surface area contributed by atoms with Crippen LogP contribution in [-0.4, -0.2) is 23.0 Å². The van der Waals surface area contributed by atoms with Gasteiger partial charge in [-0.2, -0.15) is 0 Å². The molecular weight excluding hydrogens is 220 g/mol. The van der Waals surface area contributed by atoms with Crippen LogP contribution in [0.5, 0.6) is 0 Å². The Morgan fingerprint density at radius 3 is 2.62 bits per heavy atom. The molecule has 1 aliphatic rings. The molecule has 0 unspecified atom stereocenters. The molecule has 0 aromatic carbocycles. The Hall–Kier alpha value is -0.610. The number of aromatic amines is 1. The van der Waals surface area contributed by atoms with Gasteiger partial charge in [-0.25, -0.2) is 0 Å². The number of thiazole rings is 1. The van der Waals surface area contributed by atoms with Gasteiger partial charge in [0.2, 0.25) is 0 Å². The molecule has 1 aromatic heterocycles. The van der Waals surface area contributed by atoms with Crippen molar-refractivity contribution in [1.29, 1.82) is 0 Å². The van der Waals surface area contributed by atoms with Gasteiger partial charge in [0, 0.05) is 17.1 Å². The third-order valence-corrected chi connectivity index (χ3v) is 4.54. The van der Waals surface area contributed by atoms with Crippen molar-refractivity contribution in [3.8, 4) is 0 Å². The molecule has 0 spiro atoms. The molecule has 1 N–H and O–H groups in total. The lowest BCUT2D eigenvalue weighted by atomic mass is 9.94. The molecule has 1 aromatic rings. The van der Waals surface area contributed by atoms with Crippen LogP contribution in [0.4, 0.5) is 0 Å². The highest BCUT2D eigenvalue weighted by Crippen LogP contribution is 2.22. The Morgan fingerprint density at radius 2 is 2.12 bits per heavy atom.